The van der Waals surface area contributed by atoms with Crippen molar-refractivity contribution in [1.29, 1.82) is 5.26 Å². The van der Waals surface area contributed by atoms with Gasteiger partial charge >= 0.3 is 0 Å². The second-order valence-electron chi connectivity index (χ2n) is 4.35. The van der Waals surface area contributed by atoms with E-state index in [-0.39, 0.29) is 0 Å². The van der Waals surface area contributed by atoms with Crippen LogP contribution in [0, 0.1) is 17.2 Å². The van der Waals surface area contributed by atoms with Crippen molar-refractivity contribution in [2.24, 2.45) is 5.92 Å². The fraction of sp³-hybridized carbons (Fsp3) is 0.538. The number of ether oxygens (including phenoxy) is 1. The van der Waals surface area contributed by atoms with Gasteiger partial charge in [0.05, 0.1) is 18.5 Å². The van der Waals surface area contributed by atoms with Gasteiger partial charge in [-0.15, -0.1) is 0 Å². The number of hydrogen-bond donors (Lipinski definition) is 0. The molecule has 0 amide bonds. The molecule has 0 spiro atoms. The zero-order valence-electron chi connectivity index (χ0n) is 10.7. The Morgan fingerprint density at radius 2 is 2.24 bits per heavy atom. The third kappa shape index (κ3) is 4.41. The van der Waals surface area contributed by atoms with Gasteiger partial charge in [0.2, 0.25) is 0 Å². The molecule has 0 aliphatic carbocycles. The maximum Gasteiger partial charge on any atom is 0.140 e. The molecule has 0 atom stereocenters. The Bertz CT molecular complexity index is 367. The fourth-order valence-electron chi connectivity index (χ4n) is 1.61. The summed E-state index contributed by atoms with van der Waals surface area (Å²) in [5.41, 5.74) is 1.49. The third-order valence-electron chi connectivity index (χ3n) is 2.38. The van der Waals surface area contributed by atoms with Crippen molar-refractivity contribution < 1.29 is 4.74 Å². The fourth-order valence-corrected chi connectivity index (χ4v) is 1.61. The van der Waals surface area contributed by atoms with E-state index in [0.29, 0.717) is 18.2 Å². The van der Waals surface area contributed by atoms with Gasteiger partial charge in [-0.05, 0) is 18.1 Å². The monoisotopic (exact) mass is 233 g/mol. The predicted octanol–water partition coefficient (Wildman–Crippen LogP) is 2.06. The van der Waals surface area contributed by atoms with Crippen molar-refractivity contribution >= 4 is 5.69 Å². The Morgan fingerprint density at radius 3 is 2.71 bits per heavy atom. The van der Waals surface area contributed by atoms with Crippen LogP contribution in [0.25, 0.3) is 0 Å². The van der Waals surface area contributed by atoms with E-state index in [4.69, 9.17) is 10.00 Å². The first-order valence-corrected chi connectivity index (χ1v) is 5.77. The van der Waals surface area contributed by atoms with Crippen LogP contribution in [-0.2, 0) is 4.74 Å². The number of hydrogen-bond acceptors (Lipinski definition) is 4. The summed E-state index contributed by atoms with van der Waals surface area (Å²) in [6.07, 6.45) is 1.75. The maximum atomic E-state index is 8.71. The highest BCUT2D eigenvalue weighted by atomic mass is 16.5. The summed E-state index contributed by atoms with van der Waals surface area (Å²) >= 11 is 0. The van der Waals surface area contributed by atoms with E-state index in [9.17, 15) is 0 Å². The van der Waals surface area contributed by atoms with Crippen LogP contribution >= 0.6 is 0 Å². The summed E-state index contributed by atoms with van der Waals surface area (Å²) in [7, 11) is 1.70. The lowest BCUT2D eigenvalue weighted by molar-refractivity contribution is 0.204. The molecule has 0 fully saturated rings. The molecule has 0 N–H and O–H groups in total. The van der Waals surface area contributed by atoms with Crippen molar-refractivity contribution in [2.45, 2.75) is 13.8 Å². The molecular weight excluding hydrogens is 214 g/mol. The number of anilines is 1. The number of pyridine rings is 1. The molecule has 1 aromatic heterocycles. The molecule has 1 heterocycles. The topological polar surface area (TPSA) is 49.1 Å². The van der Waals surface area contributed by atoms with Gasteiger partial charge in [0.1, 0.15) is 11.8 Å². The molecule has 1 aromatic rings. The van der Waals surface area contributed by atoms with Crippen LogP contribution in [0.4, 0.5) is 5.69 Å². The van der Waals surface area contributed by atoms with E-state index < -0.39 is 0 Å². The molecule has 17 heavy (non-hydrogen) atoms. The van der Waals surface area contributed by atoms with Gasteiger partial charge in [0, 0.05) is 20.2 Å². The van der Waals surface area contributed by atoms with Crippen LogP contribution in [0.1, 0.15) is 19.5 Å². The summed E-state index contributed by atoms with van der Waals surface area (Å²) in [5.74, 6) is 0.572. The van der Waals surface area contributed by atoms with E-state index in [1.54, 1.807) is 19.4 Å². The third-order valence-corrected chi connectivity index (χ3v) is 2.38. The Kier molecular flexibility index (Phi) is 5.44. The highest BCUT2D eigenvalue weighted by Gasteiger charge is 2.08. The van der Waals surface area contributed by atoms with Gasteiger partial charge in [0.15, 0.2) is 0 Å². The molecular formula is C13H19N3O. The lowest BCUT2D eigenvalue weighted by Gasteiger charge is -2.26. The van der Waals surface area contributed by atoms with Crippen molar-refractivity contribution in [3.63, 3.8) is 0 Å². The van der Waals surface area contributed by atoms with Crippen molar-refractivity contribution in [1.82, 2.24) is 4.98 Å². The number of rotatable bonds is 6. The second kappa shape index (κ2) is 6.87. The van der Waals surface area contributed by atoms with E-state index >= 15 is 0 Å². The molecule has 0 radical (unpaired) electrons. The second-order valence-corrected chi connectivity index (χ2v) is 4.35. The van der Waals surface area contributed by atoms with Crippen LogP contribution in [0.3, 0.4) is 0 Å². The van der Waals surface area contributed by atoms with Gasteiger partial charge < -0.3 is 9.64 Å². The molecule has 0 saturated carbocycles. The molecule has 0 aromatic carbocycles. The number of methoxy groups -OCH3 is 1. The first-order valence-electron chi connectivity index (χ1n) is 5.77. The van der Waals surface area contributed by atoms with Crippen LogP contribution in [-0.4, -0.2) is 31.8 Å². The first kappa shape index (κ1) is 13.5. The van der Waals surface area contributed by atoms with Gasteiger partial charge in [-0.2, -0.15) is 5.26 Å². The van der Waals surface area contributed by atoms with Crippen molar-refractivity contribution in [3.05, 3.63) is 24.0 Å². The highest BCUT2D eigenvalue weighted by Crippen LogP contribution is 2.14. The average molecular weight is 233 g/mol. The normalized spacial score (nSPS) is 10.3. The van der Waals surface area contributed by atoms with Crippen LogP contribution < -0.4 is 4.90 Å². The largest absolute Gasteiger partial charge is 0.383 e. The highest BCUT2D eigenvalue weighted by molar-refractivity contribution is 5.45. The minimum atomic E-state index is 0.449. The van der Waals surface area contributed by atoms with Gasteiger partial charge in [-0.3, -0.25) is 0 Å². The van der Waals surface area contributed by atoms with Crippen molar-refractivity contribution in [3.8, 4) is 6.07 Å². The summed E-state index contributed by atoms with van der Waals surface area (Å²) < 4.78 is 5.11. The first-order chi connectivity index (χ1) is 8.17. The molecule has 1 rings (SSSR count). The molecule has 0 aliphatic heterocycles. The summed E-state index contributed by atoms with van der Waals surface area (Å²) in [6, 6.07) is 5.70. The predicted molar refractivity (Wildman–Crippen MR) is 67.9 cm³/mol. The van der Waals surface area contributed by atoms with Gasteiger partial charge in [-0.1, -0.05) is 13.8 Å². The summed E-state index contributed by atoms with van der Waals surface area (Å²) in [4.78, 5) is 6.31. The Hall–Kier alpha value is -1.60. The van der Waals surface area contributed by atoms with Crippen LogP contribution in [0.5, 0.6) is 0 Å². The van der Waals surface area contributed by atoms with Crippen LogP contribution in [0.2, 0.25) is 0 Å². The number of aromatic nitrogens is 1. The lowest BCUT2D eigenvalue weighted by atomic mass is 10.2. The Morgan fingerprint density at radius 1 is 1.47 bits per heavy atom. The number of nitrogens with zero attached hydrogens (tertiary/aromatic N) is 3. The van der Waals surface area contributed by atoms with Gasteiger partial charge in [0.25, 0.3) is 0 Å². The summed E-state index contributed by atoms with van der Waals surface area (Å²) in [6.45, 7) is 6.83. The zero-order valence-corrected chi connectivity index (χ0v) is 10.7. The summed E-state index contributed by atoms with van der Waals surface area (Å²) in [5, 5.41) is 8.71. The van der Waals surface area contributed by atoms with E-state index in [1.807, 2.05) is 12.1 Å². The lowest BCUT2D eigenvalue weighted by Crippen LogP contribution is -2.31. The molecule has 4 heteroatoms. The maximum absolute atomic E-state index is 8.71. The molecule has 0 aliphatic rings. The Labute approximate surface area is 103 Å². The minimum absolute atomic E-state index is 0.449. The Balaban J connectivity index is 2.76. The van der Waals surface area contributed by atoms with Crippen LogP contribution in [0.15, 0.2) is 18.3 Å². The smallest absolute Gasteiger partial charge is 0.140 e. The number of nitriles is 1. The molecule has 0 bridgehead atoms. The molecule has 4 nitrogen and oxygen atoms in total. The quantitative estimate of drug-likeness (QED) is 0.754. The average Bonchev–Trinajstić information content (AvgIpc) is 2.34. The van der Waals surface area contributed by atoms with Crippen molar-refractivity contribution in [2.75, 3.05) is 31.7 Å². The van der Waals surface area contributed by atoms with E-state index in [0.717, 1.165) is 18.8 Å². The van der Waals surface area contributed by atoms with E-state index in [2.05, 4.69) is 23.7 Å². The van der Waals surface area contributed by atoms with Gasteiger partial charge in [-0.25, -0.2) is 4.98 Å². The molecule has 92 valence electrons. The minimum Gasteiger partial charge on any atom is -0.383 e. The molecule has 0 unspecified atom stereocenters. The van der Waals surface area contributed by atoms with E-state index in [1.165, 1.54) is 0 Å². The SMILES string of the molecule is COCCN(CC(C)C)c1ccc(C#N)nc1. The zero-order chi connectivity index (χ0) is 12.7. The molecule has 0 saturated heterocycles. The standard InChI is InChI=1S/C13H19N3O/c1-11(2)10-16(6-7-17-3)13-5-4-12(8-14)15-9-13/h4-5,9,11H,6-7,10H2,1-3H3.